The van der Waals surface area contributed by atoms with Crippen molar-refractivity contribution in [1.29, 1.82) is 0 Å². The first-order valence-electron chi connectivity index (χ1n) is 4.57. The van der Waals surface area contributed by atoms with E-state index >= 15 is 0 Å². The van der Waals surface area contributed by atoms with E-state index in [0.717, 1.165) is 21.7 Å². The zero-order valence-corrected chi connectivity index (χ0v) is 12.1. The van der Waals surface area contributed by atoms with Gasteiger partial charge in [-0.1, -0.05) is 39.1 Å². The monoisotopic (exact) mass is 335 g/mol. The number of hydrogen-bond donors (Lipinski definition) is 1. The van der Waals surface area contributed by atoms with Gasteiger partial charge in [-0.15, -0.1) is 11.3 Å². The average Bonchev–Trinajstić information content (AvgIpc) is 2.63. The third-order valence-corrected chi connectivity index (χ3v) is 4.10. The molecule has 16 heavy (non-hydrogen) atoms. The van der Waals surface area contributed by atoms with Crippen LogP contribution in [0.3, 0.4) is 0 Å². The van der Waals surface area contributed by atoms with Crippen LogP contribution >= 0.6 is 50.5 Å². The zero-order valence-electron chi connectivity index (χ0n) is 8.14. The quantitative estimate of drug-likeness (QED) is 0.788. The van der Waals surface area contributed by atoms with Gasteiger partial charge in [0, 0.05) is 21.3 Å². The number of thiophene rings is 1. The molecule has 0 aliphatic carbocycles. The molecule has 1 aromatic heterocycles. The molecule has 0 amide bonds. The SMILES string of the molecule is Clc1csc(CNc2ccc(Br)cc2Cl)c1. The fourth-order valence-electron chi connectivity index (χ4n) is 1.26. The summed E-state index contributed by atoms with van der Waals surface area (Å²) in [6, 6.07) is 7.72. The van der Waals surface area contributed by atoms with Gasteiger partial charge >= 0.3 is 0 Å². The van der Waals surface area contributed by atoms with Crippen LogP contribution in [0.25, 0.3) is 0 Å². The van der Waals surface area contributed by atoms with Gasteiger partial charge in [-0.3, -0.25) is 0 Å². The van der Waals surface area contributed by atoms with Crippen LogP contribution in [0.4, 0.5) is 5.69 Å². The molecule has 0 atom stereocenters. The number of nitrogens with one attached hydrogen (secondary N) is 1. The molecule has 0 bridgehead atoms. The van der Waals surface area contributed by atoms with E-state index in [1.807, 2.05) is 29.6 Å². The molecule has 0 saturated heterocycles. The van der Waals surface area contributed by atoms with Crippen molar-refractivity contribution in [2.24, 2.45) is 0 Å². The first-order valence-corrected chi connectivity index (χ1v) is 7.00. The number of hydrogen-bond acceptors (Lipinski definition) is 2. The molecule has 0 fully saturated rings. The lowest BCUT2D eigenvalue weighted by Gasteiger charge is -2.07. The maximum Gasteiger partial charge on any atom is 0.0648 e. The van der Waals surface area contributed by atoms with E-state index in [-0.39, 0.29) is 0 Å². The molecule has 1 nitrogen and oxygen atoms in total. The number of anilines is 1. The van der Waals surface area contributed by atoms with Gasteiger partial charge in [-0.05, 0) is 24.3 Å². The molecule has 2 aromatic rings. The van der Waals surface area contributed by atoms with Gasteiger partial charge in [0.25, 0.3) is 0 Å². The summed E-state index contributed by atoms with van der Waals surface area (Å²) in [5.74, 6) is 0. The molecular formula is C11H8BrCl2NS. The molecular weight excluding hydrogens is 329 g/mol. The molecule has 0 aliphatic rings. The lowest BCUT2D eigenvalue weighted by Crippen LogP contribution is -1.97. The predicted octanol–water partition coefficient (Wildman–Crippen LogP) is 5.43. The Morgan fingerprint density at radius 3 is 2.69 bits per heavy atom. The van der Waals surface area contributed by atoms with E-state index in [0.29, 0.717) is 5.02 Å². The van der Waals surface area contributed by atoms with Crippen molar-refractivity contribution in [3.63, 3.8) is 0 Å². The molecule has 1 heterocycles. The van der Waals surface area contributed by atoms with Crippen molar-refractivity contribution in [3.8, 4) is 0 Å². The second-order valence-corrected chi connectivity index (χ2v) is 5.96. The standard InChI is InChI=1S/C11H8BrCl2NS/c12-7-1-2-11(10(14)3-7)15-5-9-4-8(13)6-16-9/h1-4,6,15H,5H2. The summed E-state index contributed by atoms with van der Waals surface area (Å²) < 4.78 is 0.974. The molecule has 1 N–H and O–H groups in total. The first kappa shape index (κ1) is 12.2. The summed E-state index contributed by atoms with van der Waals surface area (Å²) in [6.07, 6.45) is 0. The van der Waals surface area contributed by atoms with Crippen LogP contribution in [0.5, 0.6) is 0 Å². The van der Waals surface area contributed by atoms with Crippen LogP contribution in [-0.4, -0.2) is 0 Å². The average molecular weight is 337 g/mol. The van der Waals surface area contributed by atoms with E-state index in [1.165, 1.54) is 4.88 Å². The summed E-state index contributed by atoms with van der Waals surface area (Å²) in [7, 11) is 0. The van der Waals surface area contributed by atoms with Crippen molar-refractivity contribution in [1.82, 2.24) is 0 Å². The Morgan fingerprint density at radius 1 is 1.25 bits per heavy atom. The van der Waals surface area contributed by atoms with Crippen LogP contribution in [0.15, 0.2) is 34.1 Å². The van der Waals surface area contributed by atoms with Gasteiger partial charge < -0.3 is 5.32 Å². The summed E-state index contributed by atoms with van der Waals surface area (Å²) in [4.78, 5) is 1.18. The van der Waals surface area contributed by atoms with E-state index in [4.69, 9.17) is 23.2 Å². The fraction of sp³-hybridized carbons (Fsp3) is 0.0909. The van der Waals surface area contributed by atoms with E-state index in [9.17, 15) is 0 Å². The second-order valence-electron chi connectivity index (χ2n) is 3.21. The normalized spacial score (nSPS) is 10.4. The highest BCUT2D eigenvalue weighted by molar-refractivity contribution is 9.10. The number of halogens is 3. The molecule has 5 heteroatoms. The molecule has 84 valence electrons. The maximum absolute atomic E-state index is 6.09. The van der Waals surface area contributed by atoms with Gasteiger partial charge in [-0.2, -0.15) is 0 Å². The Hall–Kier alpha value is -0.220. The summed E-state index contributed by atoms with van der Waals surface area (Å²) in [6.45, 7) is 0.735. The van der Waals surface area contributed by atoms with E-state index in [1.54, 1.807) is 11.3 Å². The highest BCUT2D eigenvalue weighted by Crippen LogP contribution is 2.27. The molecule has 0 aliphatic heterocycles. The maximum atomic E-state index is 6.09. The summed E-state index contributed by atoms with van der Waals surface area (Å²) in [5, 5.41) is 6.67. The van der Waals surface area contributed by atoms with Gasteiger partial charge in [-0.25, -0.2) is 0 Å². The fourth-order valence-corrected chi connectivity index (χ4v) is 3.01. The van der Waals surface area contributed by atoms with Gasteiger partial charge in [0.2, 0.25) is 0 Å². The Bertz CT molecular complexity index is 498. The van der Waals surface area contributed by atoms with Crippen LogP contribution in [0.1, 0.15) is 4.88 Å². The third kappa shape index (κ3) is 3.14. The lowest BCUT2D eigenvalue weighted by atomic mass is 10.3. The Morgan fingerprint density at radius 2 is 2.06 bits per heavy atom. The minimum atomic E-state index is 0.706. The second kappa shape index (κ2) is 5.41. The van der Waals surface area contributed by atoms with Crippen molar-refractivity contribution in [2.45, 2.75) is 6.54 Å². The number of benzene rings is 1. The number of rotatable bonds is 3. The largest absolute Gasteiger partial charge is 0.379 e. The minimum Gasteiger partial charge on any atom is -0.379 e. The van der Waals surface area contributed by atoms with Gasteiger partial charge in [0.15, 0.2) is 0 Å². The highest BCUT2D eigenvalue weighted by Gasteiger charge is 2.02. The van der Waals surface area contributed by atoms with Crippen LogP contribution in [-0.2, 0) is 6.54 Å². The van der Waals surface area contributed by atoms with Crippen molar-refractivity contribution in [2.75, 3.05) is 5.32 Å². The molecule has 0 saturated carbocycles. The molecule has 0 spiro atoms. The third-order valence-electron chi connectivity index (χ3n) is 2.01. The lowest BCUT2D eigenvalue weighted by molar-refractivity contribution is 1.19. The van der Waals surface area contributed by atoms with E-state index in [2.05, 4.69) is 21.2 Å². The highest BCUT2D eigenvalue weighted by atomic mass is 79.9. The predicted molar refractivity (Wildman–Crippen MR) is 75.8 cm³/mol. The van der Waals surface area contributed by atoms with Crippen molar-refractivity contribution >= 4 is 56.2 Å². The Balaban J connectivity index is 2.04. The van der Waals surface area contributed by atoms with Crippen LogP contribution in [0, 0.1) is 0 Å². The summed E-state index contributed by atoms with van der Waals surface area (Å²) >= 11 is 16.9. The van der Waals surface area contributed by atoms with Crippen LogP contribution in [0.2, 0.25) is 10.0 Å². The van der Waals surface area contributed by atoms with Gasteiger partial charge in [0.05, 0.1) is 15.7 Å². The zero-order chi connectivity index (χ0) is 11.5. The van der Waals surface area contributed by atoms with Crippen molar-refractivity contribution in [3.05, 3.63) is 49.0 Å². The topological polar surface area (TPSA) is 12.0 Å². The van der Waals surface area contributed by atoms with Gasteiger partial charge in [0.1, 0.15) is 0 Å². The molecule has 0 radical (unpaired) electrons. The minimum absolute atomic E-state index is 0.706. The smallest absolute Gasteiger partial charge is 0.0648 e. The van der Waals surface area contributed by atoms with Crippen molar-refractivity contribution < 1.29 is 0 Å². The Labute approximate surface area is 117 Å². The molecule has 0 unspecified atom stereocenters. The van der Waals surface area contributed by atoms with Crippen LogP contribution < -0.4 is 5.32 Å². The summed E-state index contributed by atoms with van der Waals surface area (Å²) in [5.41, 5.74) is 0.925. The van der Waals surface area contributed by atoms with E-state index < -0.39 is 0 Å². The Kier molecular flexibility index (Phi) is 4.14. The first-order chi connectivity index (χ1) is 7.65. The molecule has 1 aromatic carbocycles. The molecule has 2 rings (SSSR count).